The smallest absolute Gasteiger partial charge is 0.182 e. The van der Waals surface area contributed by atoms with E-state index < -0.39 is 0 Å². The molecule has 3 N–H and O–H groups in total. The summed E-state index contributed by atoms with van der Waals surface area (Å²) in [4.78, 5) is 0. The van der Waals surface area contributed by atoms with E-state index in [1.807, 2.05) is 0 Å². The van der Waals surface area contributed by atoms with Gasteiger partial charge in [-0.05, 0) is 42.8 Å². The van der Waals surface area contributed by atoms with E-state index in [1.165, 1.54) is 19.3 Å². The molecule has 15 heavy (non-hydrogen) atoms. The molecule has 3 fully saturated rings. The summed E-state index contributed by atoms with van der Waals surface area (Å²) in [7, 11) is 0. The highest BCUT2D eigenvalue weighted by Gasteiger charge is 2.70. The van der Waals surface area contributed by atoms with Crippen molar-refractivity contribution in [2.45, 2.75) is 45.7 Å². The number of thiocarbonyl (C=S) groups is 1. The van der Waals surface area contributed by atoms with E-state index in [9.17, 15) is 0 Å². The number of rotatable bonds is 0. The van der Waals surface area contributed by atoms with Crippen molar-refractivity contribution in [3.8, 4) is 0 Å². The zero-order valence-electron chi connectivity index (χ0n) is 9.61. The van der Waals surface area contributed by atoms with Crippen molar-refractivity contribution >= 4 is 17.3 Å². The molecule has 4 heteroatoms. The molecule has 84 valence electrons. The second kappa shape index (κ2) is 2.48. The van der Waals surface area contributed by atoms with Crippen molar-refractivity contribution < 1.29 is 0 Å². The Morgan fingerprint density at radius 3 is 2.47 bits per heavy atom. The number of hydrogen-bond donors (Lipinski definition) is 3. The van der Waals surface area contributed by atoms with Gasteiger partial charge in [0.15, 0.2) is 5.11 Å². The first kappa shape index (κ1) is 9.85. The molecule has 3 atom stereocenters. The Bertz CT molecular complexity index is 341. The highest BCUT2D eigenvalue weighted by atomic mass is 32.1. The summed E-state index contributed by atoms with van der Waals surface area (Å²) < 4.78 is 0. The molecule has 3 aliphatic rings. The number of hydrogen-bond acceptors (Lipinski definition) is 2. The van der Waals surface area contributed by atoms with Gasteiger partial charge in [0.05, 0.1) is 0 Å². The largest absolute Gasteiger partial charge is 0.342 e. The first-order chi connectivity index (χ1) is 6.91. The highest BCUT2D eigenvalue weighted by Crippen LogP contribution is 2.68. The Labute approximate surface area is 96.3 Å². The van der Waals surface area contributed by atoms with Gasteiger partial charge in [0.25, 0.3) is 0 Å². The lowest BCUT2D eigenvalue weighted by atomic mass is 9.66. The van der Waals surface area contributed by atoms with Gasteiger partial charge in [-0.2, -0.15) is 0 Å². The number of fused-ring (bicyclic) bond motifs is 3. The topological polar surface area (TPSA) is 36.1 Å². The lowest BCUT2D eigenvalue weighted by Crippen LogP contribution is -2.61. The molecule has 0 aromatic rings. The summed E-state index contributed by atoms with van der Waals surface area (Å²) in [5.74, 6) is 0.810. The van der Waals surface area contributed by atoms with Crippen LogP contribution in [0.15, 0.2) is 0 Å². The third-order valence-corrected chi connectivity index (χ3v) is 5.85. The van der Waals surface area contributed by atoms with Gasteiger partial charge >= 0.3 is 0 Å². The SMILES string of the molecule is CC1(C)C2CCC1(C)C1(C2)NNC(=S)N1. The fourth-order valence-corrected chi connectivity index (χ4v) is 4.33. The van der Waals surface area contributed by atoms with E-state index in [0.717, 1.165) is 11.0 Å². The fourth-order valence-electron chi connectivity index (χ4n) is 4.11. The average molecular weight is 225 g/mol. The maximum Gasteiger partial charge on any atom is 0.182 e. The van der Waals surface area contributed by atoms with Gasteiger partial charge in [0, 0.05) is 5.41 Å². The predicted molar refractivity (Wildman–Crippen MR) is 64.0 cm³/mol. The van der Waals surface area contributed by atoms with Crippen molar-refractivity contribution in [3.05, 3.63) is 0 Å². The van der Waals surface area contributed by atoms with Crippen molar-refractivity contribution in [1.82, 2.24) is 16.2 Å². The fraction of sp³-hybridized carbons (Fsp3) is 0.909. The second-order valence-electron chi connectivity index (χ2n) is 6.10. The monoisotopic (exact) mass is 225 g/mol. The first-order valence-corrected chi connectivity index (χ1v) is 6.17. The lowest BCUT2D eigenvalue weighted by molar-refractivity contribution is 0.0496. The minimum absolute atomic E-state index is 0.00347. The molecule has 3 nitrogen and oxygen atoms in total. The Morgan fingerprint density at radius 1 is 1.33 bits per heavy atom. The third-order valence-electron chi connectivity index (χ3n) is 5.65. The van der Waals surface area contributed by atoms with E-state index in [2.05, 4.69) is 36.9 Å². The molecule has 0 aromatic carbocycles. The molecule has 0 radical (unpaired) electrons. The Kier molecular flexibility index (Phi) is 1.63. The lowest BCUT2D eigenvalue weighted by Gasteiger charge is -2.45. The quantitative estimate of drug-likeness (QED) is 0.546. The van der Waals surface area contributed by atoms with E-state index >= 15 is 0 Å². The molecule has 3 rings (SSSR count). The van der Waals surface area contributed by atoms with Crippen LogP contribution in [-0.4, -0.2) is 10.8 Å². The van der Waals surface area contributed by atoms with Crippen molar-refractivity contribution in [3.63, 3.8) is 0 Å². The van der Waals surface area contributed by atoms with Crippen molar-refractivity contribution in [2.75, 3.05) is 0 Å². The Hall–Kier alpha value is -0.350. The number of nitrogens with one attached hydrogen (secondary N) is 3. The Balaban J connectivity index is 2.06. The van der Waals surface area contributed by atoms with Gasteiger partial charge in [0.2, 0.25) is 0 Å². The van der Waals surface area contributed by atoms with Gasteiger partial charge in [-0.15, -0.1) is 0 Å². The van der Waals surface area contributed by atoms with Crippen LogP contribution in [0.5, 0.6) is 0 Å². The standard InChI is InChI=1S/C11H19N3S/c1-9(2)7-4-5-10(9,3)11(6-7)12-8(15)13-14-11/h7,14H,4-6H2,1-3H3,(H2,12,13,15). The van der Waals surface area contributed by atoms with Crippen LogP contribution in [0, 0.1) is 16.7 Å². The number of hydrazine groups is 1. The zero-order valence-corrected chi connectivity index (χ0v) is 10.4. The van der Waals surface area contributed by atoms with Crippen molar-refractivity contribution in [1.29, 1.82) is 0 Å². The van der Waals surface area contributed by atoms with Crippen LogP contribution in [0.25, 0.3) is 0 Å². The Morgan fingerprint density at radius 2 is 2.07 bits per heavy atom. The molecule has 2 bridgehead atoms. The van der Waals surface area contributed by atoms with Crippen LogP contribution in [0.4, 0.5) is 0 Å². The summed E-state index contributed by atoms with van der Waals surface area (Å²) in [6.07, 6.45) is 3.83. The van der Waals surface area contributed by atoms with Crippen LogP contribution < -0.4 is 16.2 Å². The molecule has 2 aliphatic carbocycles. The molecule has 1 aliphatic heterocycles. The van der Waals surface area contributed by atoms with Crippen LogP contribution >= 0.6 is 12.2 Å². The van der Waals surface area contributed by atoms with Gasteiger partial charge in [-0.3, -0.25) is 5.43 Å². The minimum Gasteiger partial charge on any atom is -0.342 e. The highest BCUT2D eigenvalue weighted by molar-refractivity contribution is 7.80. The van der Waals surface area contributed by atoms with Gasteiger partial charge in [0.1, 0.15) is 5.66 Å². The third kappa shape index (κ3) is 0.889. The predicted octanol–water partition coefficient (Wildman–Crippen LogP) is 1.51. The summed E-state index contributed by atoms with van der Waals surface area (Å²) >= 11 is 5.18. The van der Waals surface area contributed by atoms with E-state index in [-0.39, 0.29) is 11.1 Å². The summed E-state index contributed by atoms with van der Waals surface area (Å²) in [6.45, 7) is 7.21. The van der Waals surface area contributed by atoms with Crippen LogP contribution in [0.3, 0.4) is 0 Å². The maximum absolute atomic E-state index is 5.18. The molecule has 0 aromatic heterocycles. The van der Waals surface area contributed by atoms with Gasteiger partial charge < -0.3 is 5.32 Å². The van der Waals surface area contributed by atoms with E-state index in [4.69, 9.17) is 12.2 Å². The van der Waals surface area contributed by atoms with Crippen molar-refractivity contribution in [2.24, 2.45) is 16.7 Å². The molecular weight excluding hydrogens is 206 g/mol. The molecular formula is C11H19N3S. The summed E-state index contributed by atoms with van der Waals surface area (Å²) in [5.41, 5.74) is 7.16. The molecule has 1 heterocycles. The summed E-state index contributed by atoms with van der Waals surface area (Å²) in [6, 6.07) is 0. The zero-order chi connectivity index (χ0) is 10.9. The second-order valence-corrected chi connectivity index (χ2v) is 6.51. The van der Waals surface area contributed by atoms with E-state index in [1.54, 1.807) is 0 Å². The summed E-state index contributed by atoms with van der Waals surface area (Å²) in [5, 5.41) is 4.22. The molecule has 1 spiro atoms. The normalized spacial score (nSPS) is 50.9. The van der Waals surface area contributed by atoms with Gasteiger partial charge in [-0.25, -0.2) is 5.43 Å². The first-order valence-electron chi connectivity index (χ1n) is 5.77. The van der Waals surface area contributed by atoms with Gasteiger partial charge in [-0.1, -0.05) is 20.8 Å². The van der Waals surface area contributed by atoms with Crippen LogP contribution in [-0.2, 0) is 0 Å². The molecule has 2 saturated carbocycles. The average Bonchev–Trinajstić information content (AvgIpc) is 2.66. The molecule has 3 unspecified atom stereocenters. The molecule has 0 amide bonds. The maximum atomic E-state index is 5.18. The molecule has 1 saturated heterocycles. The minimum atomic E-state index is -0.00347. The van der Waals surface area contributed by atoms with E-state index in [0.29, 0.717) is 5.41 Å². The van der Waals surface area contributed by atoms with Crippen LogP contribution in [0.1, 0.15) is 40.0 Å². The van der Waals surface area contributed by atoms with Crippen LogP contribution in [0.2, 0.25) is 0 Å².